The van der Waals surface area contributed by atoms with Crippen molar-refractivity contribution in [3.8, 4) is 0 Å². The summed E-state index contributed by atoms with van der Waals surface area (Å²) >= 11 is 0. The second kappa shape index (κ2) is 12.6. The van der Waals surface area contributed by atoms with Crippen LogP contribution in [0.5, 0.6) is 0 Å². The van der Waals surface area contributed by atoms with Gasteiger partial charge in [-0.3, -0.25) is 9.59 Å². The molecule has 3 aromatic rings. The van der Waals surface area contributed by atoms with E-state index in [1.54, 1.807) is 6.08 Å². The SMILES string of the molecule is C=Cc1c(C)c2cc3nc(cc4[n-]c(cc5nc(cc1[n-]2)C(C)=C5CCC(=O)O)c(CCC(=O)O)c4C)C(C)=C3CC.[Fe]. The molecule has 9 heteroatoms. The van der Waals surface area contributed by atoms with Crippen LogP contribution in [0.25, 0.3) is 50.4 Å². The quantitative estimate of drug-likeness (QED) is 0.259. The van der Waals surface area contributed by atoms with Crippen LogP contribution < -0.4 is 9.97 Å². The molecular weight excluding hydrogens is 584 g/mol. The summed E-state index contributed by atoms with van der Waals surface area (Å²) in [5.74, 6) is -1.78. The summed E-state index contributed by atoms with van der Waals surface area (Å²) in [5.41, 5.74) is 13.4. The summed E-state index contributed by atoms with van der Waals surface area (Å²) < 4.78 is 0. The van der Waals surface area contributed by atoms with Crippen LogP contribution in [0.3, 0.4) is 0 Å². The molecule has 0 amide bonds. The Hall–Kier alpha value is -4.20. The number of rotatable bonds is 8. The van der Waals surface area contributed by atoms with Crippen LogP contribution in [-0.2, 0) is 33.1 Å². The second-order valence-electron chi connectivity index (χ2n) is 10.8. The first-order valence-electron chi connectivity index (χ1n) is 14.1. The summed E-state index contributed by atoms with van der Waals surface area (Å²) in [4.78, 5) is 42.9. The number of carbonyl (C=O) groups is 2. The molecule has 43 heavy (non-hydrogen) atoms. The van der Waals surface area contributed by atoms with Gasteiger partial charge in [-0.1, -0.05) is 60.5 Å². The Kier molecular flexibility index (Phi) is 9.28. The molecule has 0 fully saturated rings. The van der Waals surface area contributed by atoms with E-state index in [0.29, 0.717) is 29.7 Å². The van der Waals surface area contributed by atoms with E-state index in [0.717, 1.165) is 78.9 Å². The standard InChI is InChI=1S/C34H36N4O4.Fe/c1-7-21-17(3)25-13-26-19(5)23(9-11-33(39)40)31(37-26)16-32-24(10-12-34(41)42)20(6)28(38-32)15-30-22(8-2)18(4)27(36-30)14-29(21)35-25;/h8,13-16H,2,7,9-12H2,1,3-6H3,(H4,35,36,37,38,39,40,41,42);/p-2. The summed E-state index contributed by atoms with van der Waals surface area (Å²) in [5, 5.41) is 18.9. The van der Waals surface area contributed by atoms with Crippen molar-refractivity contribution in [3.63, 3.8) is 0 Å². The van der Waals surface area contributed by atoms with Crippen molar-refractivity contribution in [3.05, 3.63) is 75.9 Å². The molecule has 0 unspecified atom stereocenters. The van der Waals surface area contributed by atoms with Gasteiger partial charge in [-0.25, -0.2) is 9.97 Å². The number of carboxylic acid groups (broad SMARTS) is 2. The smallest absolute Gasteiger partial charge is 0.303 e. The molecule has 2 aliphatic rings. The van der Waals surface area contributed by atoms with Gasteiger partial charge in [0.15, 0.2) is 0 Å². The average molecular weight is 619 g/mol. The number of fused-ring (bicyclic) bond motifs is 8. The van der Waals surface area contributed by atoms with Gasteiger partial charge in [-0.2, -0.15) is 0 Å². The molecule has 5 rings (SSSR count). The van der Waals surface area contributed by atoms with Crippen LogP contribution in [0.1, 0.15) is 91.5 Å². The third-order valence-corrected chi connectivity index (χ3v) is 8.30. The molecule has 0 atom stereocenters. The van der Waals surface area contributed by atoms with Gasteiger partial charge in [-0.15, -0.1) is 22.1 Å². The van der Waals surface area contributed by atoms with Gasteiger partial charge in [0.25, 0.3) is 0 Å². The monoisotopic (exact) mass is 618 g/mol. The van der Waals surface area contributed by atoms with Gasteiger partial charge in [0, 0.05) is 29.9 Å². The van der Waals surface area contributed by atoms with Crippen LogP contribution >= 0.6 is 0 Å². The maximum absolute atomic E-state index is 11.5. The Labute approximate surface area is 261 Å². The number of aryl methyl sites for hydroxylation is 3. The van der Waals surface area contributed by atoms with Gasteiger partial charge >= 0.3 is 11.9 Å². The largest absolute Gasteiger partial charge is 0.657 e. The van der Waals surface area contributed by atoms with Crippen molar-refractivity contribution in [2.45, 2.75) is 66.7 Å². The summed E-state index contributed by atoms with van der Waals surface area (Å²) in [6.45, 7) is 14.1. The van der Waals surface area contributed by atoms with E-state index < -0.39 is 11.9 Å². The fourth-order valence-corrected chi connectivity index (χ4v) is 5.83. The third kappa shape index (κ3) is 6.01. The van der Waals surface area contributed by atoms with E-state index in [1.807, 2.05) is 45.0 Å². The maximum atomic E-state index is 11.5. The van der Waals surface area contributed by atoms with Crippen LogP contribution in [0.15, 0.2) is 30.8 Å². The molecule has 224 valence electrons. The molecule has 0 saturated carbocycles. The molecule has 0 aliphatic carbocycles. The van der Waals surface area contributed by atoms with Crippen molar-refractivity contribution >= 4 is 62.4 Å². The zero-order valence-corrected chi connectivity index (χ0v) is 26.1. The van der Waals surface area contributed by atoms with Crippen molar-refractivity contribution in [1.82, 2.24) is 19.9 Å². The molecule has 0 aromatic carbocycles. The predicted octanol–water partition coefficient (Wildman–Crippen LogP) is 6.98. The van der Waals surface area contributed by atoms with Gasteiger partial charge in [0.2, 0.25) is 0 Å². The number of allylic oxidation sites excluding steroid dienone is 4. The fraction of sp³-hybridized carbons (Fsp3) is 0.294. The number of hydrogen-bond acceptors (Lipinski definition) is 4. The molecule has 8 bridgehead atoms. The Morgan fingerprint density at radius 2 is 1.23 bits per heavy atom. The molecular formula is C34H34FeN4O4-2. The minimum atomic E-state index is -0.891. The van der Waals surface area contributed by atoms with Crippen LogP contribution in [0.2, 0.25) is 0 Å². The first-order valence-corrected chi connectivity index (χ1v) is 14.1. The second-order valence-corrected chi connectivity index (χ2v) is 10.8. The Morgan fingerprint density at radius 1 is 0.744 bits per heavy atom. The molecule has 3 aromatic heterocycles. The van der Waals surface area contributed by atoms with Crippen LogP contribution in [0, 0.1) is 13.8 Å². The van der Waals surface area contributed by atoms with E-state index in [9.17, 15) is 19.8 Å². The number of carboxylic acids is 2. The van der Waals surface area contributed by atoms with Gasteiger partial charge < -0.3 is 20.2 Å². The molecule has 0 saturated heterocycles. The fourth-order valence-electron chi connectivity index (χ4n) is 5.83. The van der Waals surface area contributed by atoms with Gasteiger partial charge in [0.1, 0.15) is 0 Å². The Balaban J connectivity index is 0.00000423. The van der Waals surface area contributed by atoms with Crippen LogP contribution in [-0.4, -0.2) is 32.1 Å². The normalized spacial score (nSPS) is 12.9. The maximum Gasteiger partial charge on any atom is 0.303 e. The molecule has 8 nitrogen and oxygen atoms in total. The number of hydrogen-bond donors (Lipinski definition) is 2. The molecule has 2 N–H and O–H groups in total. The third-order valence-electron chi connectivity index (χ3n) is 8.30. The van der Waals surface area contributed by atoms with E-state index in [-0.39, 0.29) is 29.9 Å². The number of nitrogens with zero attached hydrogens (tertiary/aromatic N) is 4. The summed E-state index contributed by atoms with van der Waals surface area (Å²) in [7, 11) is 0. The van der Waals surface area contributed by atoms with E-state index in [4.69, 9.17) is 19.9 Å². The molecule has 0 radical (unpaired) electrons. The average Bonchev–Trinajstić information content (AvgIpc) is 3.59. The van der Waals surface area contributed by atoms with Gasteiger partial charge in [-0.05, 0) is 74.8 Å². The predicted molar refractivity (Wildman–Crippen MR) is 167 cm³/mol. The van der Waals surface area contributed by atoms with Crippen molar-refractivity contribution in [1.29, 1.82) is 0 Å². The van der Waals surface area contributed by atoms with Crippen molar-refractivity contribution in [2.24, 2.45) is 0 Å². The zero-order chi connectivity index (χ0) is 30.3. The first-order chi connectivity index (χ1) is 20.0. The van der Waals surface area contributed by atoms with Crippen molar-refractivity contribution < 1.29 is 36.9 Å². The minimum Gasteiger partial charge on any atom is -0.657 e. The molecule has 2 aliphatic heterocycles. The molecule has 0 spiro atoms. The minimum absolute atomic E-state index is 0. The summed E-state index contributed by atoms with van der Waals surface area (Å²) in [6, 6.07) is 7.77. The van der Waals surface area contributed by atoms with E-state index in [2.05, 4.69) is 20.4 Å². The Morgan fingerprint density at radius 3 is 1.84 bits per heavy atom. The Bertz CT molecular complexity index is 1890. The molecule has 5 heterocycles. The van der Waals surface area contributed by atoms with Gasteiger partial charge in [0.05, 0.1) is 22.8 Å². The number of aromatic nitrogens is 4. The van der Waals surface area contributed by atoms with E-state index in [1.165, 1.54) is 0 Å². The summed E-state index contributed by atoms with van der Waals surface area (Å²) in [6.07, 6.45) is 3.14. The van der Waals surface area contributed by atoms with E-state index >= 15 is 0 Å². The van der Waals surface area contributed by atoms with Crippen LogP contribution in [0.4, 0.5) is 0 Å². The number of aliphatic carboxylic acids is 2. The topological polar surface area (TPSA) is 129 Å². The first kappa shape index (κ1) is 31.7. The zero-order valence-electron chi connectivity index (χ0n) is 25.0. The van der Waals surface area contributed by atoms with Crippen molar-refractivity contribution in [2.75, 3.05) is 0 Å².